The van der Waals surface area contributed by atoms with Gasteiger partial charge in [-0.05, 0) is 59.6 Å². The summed E-state index contributed by atoms with van der Waals surface area (Å²) in [5.74, 6) is 1.11. The van der Waals surface area contributed by atoms with Crippen molar-refractivity contribution in [1.82, 2.24) is 15.0 Å². The van der Waals surface area contributed by atoms with E-state index in [1.54, 1.807) is 12.4 Å². The molecule has 3 N–H and O–H groups in total. The molecule has 0 radical (unpaired) electrons. The number of anilines is 3. The van der Waals surface area contributed by atoms with Crippen molar-refractivity contribution in [2.45, 2.75) is 19.9 Å². The predicted octanol–water partition coefficient (Wildman–Crippen LogP) is 4.15. The first-order valence-corrected chi connectivity index (χ1v) is 9.04. The lowest BCUT2D eigenvalue weighted by molar-refractivity contribution is 0.281. The van der Waals surface area contributed by atoms with Gasteiger partial charge in [-0.3, -0.25) is 4.98 Å². The molecule has 7 heteroatoms. The first-order valence-electron chi connectivity index (χ1n) is 8.25. The Bertz CT molecular complexity index is 888. The van der Waals surface area contributed by atoms with E-state index in [0.717, 1.165) is 21.4 Å². The van der Waals surface area contributed by atoms with Gasteiger partial charge in [0.25, 0.3) is 0 Å². The van der Waals surface area contributed by atoms with Gasteiger partial charge >= 0.3 is 0 Å². The zero-order valence-corrected chi connectivity index (χ0v) is 16.2. The number of hydrogen-bond donors (Lipinski definition) is 3. The van der Waals surface area contributed by atoms with E-state index in [2.05, 4.69) is 41.5 Å². The first kappa shape index (κ1) is 18.3. The Morgan fingerprint density at radius 2 is 1.88 bits per heavy atom. The lowest BCUT2D eigenvalue weighted by atomic mass is 10.2. The maximum Gasteiger partial charge on any atom is 0.225 e. The van der Waals surface area contributed by atoms with Gasteiger partial charge in [-0.2, -0.15) is 4.98 Å². The second-order valence-corrected chi connectivity index (χ2v) is 6.89. The third-order valence-electron chi connectivity index (χ3n) is 3.74. The molecule has 3 rings (SSSR count). The van der Waals surface area contributed by atoms with Gasteiger partial charge in [-0.1, -0.05) is 6.07 Å². The Balaban J connectivity index is 1.98. The van der Waals surface area contributed by atoms with Gasteiger partial charge in [0.1, 0.15) is 5.82 Å². The molecule has 0 saturated heterocycles. The molecule has 0 bridgehead atoms. The summed E-state index contributed by atoms with van der Waals surface area (Å²) in [6.45, 7) is 3.90. The third kappa shape index (κ3) is 4.56. The summed E-state index contributed by atoms with van der Waals surface area (Å²) in [5, 5.41) is 15.7. The molecule has 2 aromatic heterocycles. The molecule has 0 aliphatic carbocycles. The molecule has 0 saturated carbocycles. The van der Waals surface area contributed by atoms with Crippen LogP contribution < -0.4 is 10.6 Å². The minimum Gasteiger partial charge on any atom is -0.394 e. The van der Waals surface area contributed by atoms with Crippen LogP contribution >= 0.6 is 15.9 Å². The van der Waals surface area contributed by atoms with Crippen molar-refractivity contribution in [3.8, 4) is 11.3 Å². The maximum absolute atomic E-state index is 9.30. The zero-order chi connectivity index (χ0) is 18.5. The number of nitrogens with zero attached hydrogens (tertiary/aromatic N) is 3. The van der Waals surface area contributed by atoms with Crippen LogP contribution in [0.1, 0.15) is 12.5 Å². The lowest BCUT2D eigenvalue weighted by Gasteiger charge is -2.15. The van der Waals surface area contributed by atoms with Gasteiger partial charge in [0.2, 0.25) is 5.95 Å². The average Bonchev–Trinajstić information content (AvgIpc) is 2.64. The number of hydrogen-bond acceptors (Lipinski definition) is 6. The number of halogens is 1. The fourth-order valence-corrected chi connectivity index (χ4v) is 2.96. The molecule has 0 spiro atoms. The summed E-state index contributed by atoms with van der Waals surface area (Å²) in [7, 11) is 0. The molecule has 0 fully saturated rings. The van der Waals surface area contributed by atoms with Gasteiger partial charge < -0.3 is 15.7 Å². The SMILES string of the molecule is Cc1ccc(Nc2cc(-c3ccncc3)nc(N[C@H](C)CO)n2)c(Br)c1. The van der Waals surface area contributed by atoms with Crippen molar-refractivity contribution in [1.29, 1.82) is 0 Å². The van der Waals surface area contributed by atoms with E-state index in [9.17, 15) is 5.11 Å². The van der Waals surface area contributed by atoms with E-state index < -0.39 is 0 Å². The minimum atomic E-state index is -0.151. The summed E-state index contributed by atoms with van der Waals surface area (Å²) in [5.41, 5.74) is 3.78. The third-order valence-corrected chi connectivity index (χ3v) is 4.40. The number of aryl methyl sites for hydroxylation is 1. The number of benzene rings is 1. The number of rotatable bonds is 6. The molecule has 0 aliphatic rings. The van der Waals surface area contributed by atoms with Crippen molar-refractivity contribution in [3.63, 3.8) is 0 Å². The van der Waals surface area contributed by atoms with Crippen LogP contribution in [0.4, 0.5) is 17.5 Å². The highest BCUT2D eigenvalue weighted by Gasteiger charge is 2.10. The van der Waals surface area contributed by atoms with Crippen LogP contribution in [0.3, 0.4) is 0 Å². The van der Waals surface area contributed by atoms with Gasteiger partial charge in [-0.25, -0.2) is 4.98 Å². The van der Waals surface area contributed by atoms with E-state index in [1.807, 2.05) is 50.2 Å². The normalized spacial score (nSPS) is 11.8. The first-order chi connectivity index (χ1) is 12.5. The number of aromatic nitrogens is 3. The number of pyridine rings is 1. The van der Waals surface area contributed by atoms with Crippen molar-refractivity contribution in [2.75, 3.05) is 17.2 Å². The Labute approximate surface area is 160 Å². The van der Waals surface area contributed by atoms with Gasteiger partial charge in [0, 0.05) is 34.5 Å². The van der Waals surface area contributed by atoms with E-state index in [-0.39, 0.29) is 12.6 Å². The fourth-order valence-electron chi connectivity index (χ4n) is 2.37. The van der Waals surface area contributed by atoms with Crippen LogP contribution in [0.15, 0.2) is 53.3 Å². The van der Waals surface area contributed by atoms with Crippen molar-refractivity contribution < 1.29 is 5.11 Å². The van der Waals surface area contributed by atoms with Crippen LogP contribution in [0.2, 0.25) is 0 Å². The molecule has 134 valence electrons. The van der Waals surface area contributed by atoms with E-state index in [0.29, 0.717) is 11.8 Å². The van der Waals surface area contributed by atoms with Crippen LogP contribution in [-0.4, -0.2) is 32.7 Å². The van der Waals surface area contributed by atoms with Crippen LogP contribution in [0, 0.1) is 6.92 Å². The summed E-state index contributed by atoms with van der Waals surface area (Å²) in [6, 6.07) is 11.6. The number of aliphatic hydroxyl groups is 1. The second kappa shape index (κ2) is 8.25. The maximum atomic E-state index is 9.30. The van der Waals surface area contributed by atoms with Crippen LogP contribution in [0.5, 0.6) is 0 Å². The second-order valence-electron chi connectivity index (χ2n) is 6.03. The molecule has 1 atom stereocenters. The zero-order valence-electron chi connectivity index (χ0n) is 14.6. The largest absolute Gasteiger partial charge is 0.394 e. The Morgan fingerprint density at radius 1 is 1.12 bits per heavy atom. The smallest absolute Gasteiger partial charge is 0.225 e. The molecule has 0 unspecified atom stereocenters. The van der Waals surface area contributed by atoms with E-state index in [4.69, 9.17) is 0 Å². The molecule has 1 aromatic carbocycles. The fraction of sp³-hybridized carbons (Fsp3) is 0.211. The predicted molar refractivity (Wildman–Crippen MR) is 108 cm³/mol. The summed E-state index contributed by atoms with van der Waals surface area (Å²) in [4.78, 5) is 13.1. The topological polar surface area (TPSA) is 83.0 Å². The molecule has 0 aliphatic heterocycles. The molecule has 26 heavy (non-hydrogen) atoms. The average molecular weight is 414 g/mol. The van der Waals surface area contributed by atoms with Crippen LogP contribution in [-0.2, 0) is 0 Å². The number of nitrogens with one attached hydrogen (secondary N) is 2. The van der Waals surface area contributed by atoms with Crippen molar-refractivity contribution in [3.05, 3.63) is 58.8 Å². The van der Waals surface area contributed by atoms with Gasteiger partial charge in [-0.15, -0.1) is 0 Å². The lowest BCUT2D eigenvalue weighted by Crippen LogP contribution is -2.21. The highest BCUT2D eigenvalue weighted by molar-refractivity contribution is 9.10. The highest BCUT2D eigenvalue weighted by Crippen LogP contribution is 2.28. The van der Waals surface area contributed by atoms with Gasteiger partial charge in [0.15, 0.2) is 0 Å². The highest BCUT2D eigenvalue weighted by atomic mass is 79.9. The quantitative estimate of drug-likeness (QED) is 0.562. The van der Waals surface area contributed by atoms with Crippen LogP contribution in [0.25, 0.3) is 11.3 Å². The summed E-state index contributed by atoms with van der Waals surface area (Å²) < 4.78 is 0.958. The van der Waals surface area contributed by atoms with Gasteiger partial charge in [0.05, 0.1) is 18.0 Å². The summed E-state index contributed by atoms with van der Waals surface area (Å²) >= 11 is 3.58. The van der Waals surface area contributed by atoms with E-state index >= 15 is 0 Å². The standard InChI is InChI=1S/C19H20BrN5O/c1-12-3-4-16(15(20)9-12)23-18-10-17(14-5-7-21-8-6-14)24-19(25-18)22-13(2)11-26/h3-10,13,26H,11H2,1-2H3,(H2,22,23,24,25)/t13-/m1/s1. The van der Waals surface area contributed by atoms with Crippen molar-refractivity contribution >= 4 is 33.4 Å². The molecule has 2 heterocycles. The summed E-state index contributed by atoms with van der Waals surface area (Å²) in [6.07, 6.45) is 3.45. The molecular weight excluding hydrogens is 394 g/mol. The molecular formula is C19H20BrN5O. The Hall–Kier alpha value is -2.51. The Kier molecular flexibility index (Phi) is 5.80. The minimum absolute atomic E-state index is 0.00484. The molecule has 6 nitrogen and oxygen atoms in total. The monoisotopic (exact) mass is 413 g/mol. The Morgan fingerprint density at radius 3 is 2.58 bits per heavy atom. The number of aliphatic hydroxyl groups excluding tert-OH is 1. The molecule has 0 amide bonds. The molecule has 3 aromatic rings. The van der Waals surface area contributed by atoms with Crippen molar-refractivity contribution in [2.24, 2.45) is 0 Å². The van der Waals surface area contributed by atoms with E-state index in [1.165, 1.54) is 5.56 Å².